The lowest BCUT2D eigenvalue weighted by atomic mass is 9.95. The molecule has 1 heterocycles. The lowest BCUT2D eigenvalue weighted by Crippen LogP contribution is -2.36. The van der Waals surface area contributed by atoms with Gasteiger partial charge in [-0.15, -0.1) is 0 Å². The molecule has 0 aromatic carbocycles. The highest BCUT2D eigenvalue weighted by Gasteiger charge is 2.27. The zero-order valence-electron chi connectivity index (χ0n) is 9.70. The van der Waals surface area contributed by atoms with Gasteiger partial charge in [-0.3, -0.25) is 0 Å². The SMILES string of the molecule is Cc1nsc(NCC2(O)CCCCCC2)n1. The Hall–Kier alpha value is -0.680. The van der Waals surface area contributed by atoms with Crippen molar-refractivity contribution in [2.24, 2.45) is 0 Å². The van der Waals surface area contributed by atoms with Crippen molar-refractivity contribution in [2.45, 2.75) is 51.0 Å². The minimum absolute atomic E-state index is 0.546. The van der Waals surface area contributed by atoms with Gasteiger partial charge in [-0.05, 0) is 19.8 Å². The molecule has 2 N–H and O–H groups in total. The van der Waals surface area contributed by atoms with Crippen molar-refractivity contribution in [1.82, 2.24) is 9.36 Å². The number of nitrogens with zero attached hydrogens (tertiary/aromatic N) is 2. The molecular weight excluding hydrogens is 222 g/mol. The van der Waals surface area contributed by atoms with E-state index in [1.54, 1.807) is 0 Å². The third-order valence-electron chi connectivity index (χ3n) is 3.13. The van der Waals surface area contributed by atoms with E-state index in [0.29, 0.717) is 6.54 Å². The van der Waals surface area contributed by atoms with E-state index in [2.05, 4.69) is 14.7 Å². The maximum atomic E-state index is 10.4. The molecule has 1 saturated carbocycles. The van der Waals surface area contributed by atoms with Crippen molar-refractivity contribution in [1.29, 1.82) is 0 Å². The van der Waals surface area contributed by atoms with Crippen LogP contribution in [0.5, 0.6) is 0 Å². The van der Waals surface area contributed by atoms with Crippen LogP contribution in [-0.4, -0.2) is 26.6 Å². The second-order valence-corrected chi connectivity index (χ2v) is 5.39. The summed E-state index contributed by atoms with van der Waals surface area (Å²) in [6.07, 6.45) is 6.57. The van der Waals surface area contributed by atoms with Crippen molar-refractivity contribution < 1.29 is 5.11 Å². The van der Waals surface area contributed by atoms with Crippen LogP contribution < -0.4 is 5.32 Å². The predicted molar refractivity (Wildman–Crippen MR) is 65.8 cm³/mol. The van der Waals surface area contributed by atoms with Gasteiger partial charge in [0.25, 0.3) is 0 Å². The van der Waals surface area contributed by atoms with Crippen LogP contribution in [0.1, 0.15) is 44.3 Å². The molecule has 1 aliphatic carbocycles. The van der Waals surface area contributed by atoms with Crippen molar-refractivity contribution in [3.05, 3.63) is 5.82 Å². The zero-order chi connectivity index (χ0) is 11.4. The minimum atomic E-state index is -0.546. The first-order chi connectivity index (χ1) is 7.68. The third kappa shape index (κ3) is 3.15. The quantitative estimate of drug-likeness (QED) is 0.798. The van der Waals surface area contributed by atoms with E-state index in [4.69, 9.17) is 0 Å². The largest absolute Gasteiger partial charge is 0.388 e. The highest BCUT2D eigenvalue weighted by molar-refractivity contribution is 7.09. The topological polar surface area (TPSA) is 58.0 Å². The van der Waals surface area contributed by atoms with Crippen LogP contribution in [0.15, 0.2) is 0 Å². The molecule has 1 aromatic rings. The van der Waals surface area contributed by atoms with Crippen LogP contribution in [0.2, 0.25) is 0 Å². The summed E-state index contributed by atoms with van der Waals surface area (Å²) < 4.78 is 4.11. The normalized spacial score (nSPS) is 20.4. The molecule has 90 valence electrons. The number of aryl methyl sites for hydroxylation is 1. The summed E-state index contributed by atoms with van der Waals surface area (Å²) in [7, 11) is 0. The monoisotopic (exact) mass is 241 g/mol. The molecule has 1 fully saturated rings. The molecule has 1 aliphatic rings. The standard InChI is InChI=1S/C11H19N3OS/c1-9-13-10(16-14-9)12-8-11(15)6-4-2-3-5-7-11/h15H,2-8H2,1H3,(H,12,13,14). The van der Waals surface area contributed by atoms with Crippen LogP contribution in [0, 0.1) is 6.92 Å². The lowest BCUT2D eigenvalue weighted by molar-refractivity contribution is 0.0381. The third-order valence-corrected chi connectivity index (χ3v) is 3.89. The molecule has 2 rings (SSSR count). The summed E-state index contributed by atoms with van der Waals surface area (Å²) in [6, 6.07) is 0. The van der Waals surface area contributed by atoms with E-state index in [1.807, 2.05) is 6.92 Å². The van der Waals surface area contributed by atoms with Crippen molar-refractivity contribution >= 4 is 16.7 Å². The Bertz CT molecular complexity index is 332. The van der Waals surface area contributed by atoms with E-state index in [-0.39, 0.29) is 0 Å². The van der Waals surface area contributed by atoms with Gasteiger partial charge >= 0.3 is 0 Å². The molecule has 16 heavy (non-hydrogen) atoms. The highest BCUT2D eigenvalue weighted by atomic mass is 32.1. The van der Waals surface area contributed by atoms with Gasteiger partial charge in [-0.1, -0.05) is 25.7 Å². The van der Waals surface area contributed by atoms with Crippen molar-refractivity contribution in [3.8, 4) is 0 Å². The molecule has 0 aliphatic heterocycles. The Morgan fingerprint density at radius 2 is 2.00 bits per heavy atom. The average molecular weight is 241 g/mol. The van der Waals surface area contributed by atoms with E-state index in [1.165, 1.54) is 24.4 Å². The van der Waals surface area contributed by atoms with Crippen molar-refractivity contribution in [3.63, 3.8) is 0 Å². The first-order valence-electron chi connectivity index (χ1n) is 5.95. The van der Waals surface area contributed by atoms with Crippen LogP contribution in [0.4, 0.5) is 5.13 Å². The van der Waals surface area contributed by atoms with E-state index in [0.717, 1.165) is 36.6 Å². The lowest BCUT2D eigenvalue weighted by Gasteiger charge is -2.26. The van der Waals surface area contributed by atoms with Crippen LogP contribution in [0.25, 0.3) is 0 Å². The molecule has 5 heteroatoms. The summed E-state index contributed by atoms with van der Waals surface area (Å²) in [5.74, 6) is 0.792. The van der Waals surface area contributed by atoms with Gasteiger partial charge in [0.2, 0.25) is 5.13 Å². The smallest absolute Gasteiger partial charge is 0.202 e. The minimum Gasteiger partial charge on any atom is -0.388 e. The van der Waals surface area contributed by atoms with Gasteiger partial charge in [0.1, 0.15) is 5.82 Å². The maximum absolute atomic E-state index is 10.4. The van der Waals surface area contributed by atoms with Crippen LogP contribution in [-0.2, 0) is 0 Å². The predicted octanol–water partition coefficient (Wildman–Crippen LogP) is 2.34. The number of nitrogens with one attached hydrogen (secondary N) is 1. The second kappa shape index (κ2) is 5.10. The summed E-state index contributed by atoms with van der Waals surface area (Å²) in [4.78, 5) is 4.23. The Morgan fingerprint density at radius 3 is 2.56 bits per heavy atom. The number of aliphatic hydroxyl groups is 1. The van der Waals surface area contributed by atoms with Crippen LogP contribution in [0.3, 0.4) is 0 Å². The number of hydrogen-bond acceptors (Lipinski definition) is 5. The molecule has 0 radical (unpaired) electrons. The Kier molecular flexibility index (Phi) is 3.76. The van der Waals surface area contributed by atoms with E-state index >= 15 is 0 Å². The first-order valence-corrected chi connectivity index (χ1v) is 6.72. The van der Waals surface area contributed by atoms with Crippen LogP contribution >= 0.6 is 11.5 Å². The summed E-state index contributed by atoms with van der Waals surface area (Å²) in [5.41, 5.74) is -0.546. The van der Waals surface area contributed by atoms with E-state index in [9.17, 15) is 5.11 Å². The molecule has 0 amide bonds. The zero-order valence-corrected chi connectivity index (χ0v) is 10.5. The molecule has 0 bridgehead atoms. The van der Waals surface area contributed by atoms with Gasteiger partial charge in [0.15, 0.2) is 0 Å². The molecule has 1 aromatic heterocycles. The molecule has 0 spiro atoms. The Balaban J connectivity index is 1.87. The number of aromatic nitrogens is 2. The number of hydrogen-bond donors (Lipinski definition) is 2. The summed E-state index contributed by atoms with van der Waals surface area (Å²) in [5, 5.41) is 14.4. The number of rotatable bonds is 3. The average Bonchev–Trinajstić information content (AvgIpc) is 2.54. The second-order valence-electron chi connectivity index (χ2n) is 4.64. The molecule has 4 nitrogen and oxygen atoms in total. The molecular formula is C11H19N3OS. The number of anilines is 1. The van der Waals surface area contributed by atoms with Gasteiger partial charge in [0, 0.05) is 18.1 Å². The fourth-order valence-electron chi connectivity index (χ4n) is 2.17. The molecule has 0 unspecified atom stereocenters. The van der Waals surface area contributed by atoms with Crippen molar-refractivity contribution in [2.75, 3.05) is 11.9 Å². The van der Waals surface area contributed by atoms with E-state index < -0.39 is 5.60 Å². The Morgan fingerprint density at radius 1 is 1.31 bits per heavy atom. The molecule has 0 atom stereocenters. The first kappa shape index (κ1) is 11.8. The van der Waals surface area contributed by atoms with Gasteiger partial charge in [0.05, 0.1) is 5.60 Å². The summed E-state index contributed by atoms with van der Waals surface area (Å²) in [6.45, 7) is 2.48. The van der Waals surface area contributed by atoms with Gasteiger partial charge in [-0.25, -0.2) is 4.98 Å². The van der Waals surface area contributed by atoms with Gasteiger partial charge < -0.3 is 10.4 Å². The highest BCUT2D eigenvalue weighted by Crippen LogP contribution is 2.27. The fourth-order valence-corrected chi connectivity index (χ4v) is 2.74. The van der Waals surface area contributed by atoms with Gasteiger partial charge in [-0.2, -0.15) is 4.37 Å². The Labute approximate surface area is 100 Å². The maximum Gasteiger partial charge on any atom is 0.202 e. The summed E-state index contributed by atoms with van der Waals surface area (Å²) >= 11 is 1.36. The molecule has 0 saturated heterocycles. The fraction of sp³-hybridized carbons (Fsp3) is 0.818.